The van der Waals surface area contributed by atoms with E-state index in [2.05, 4.69) is 38.6 Å². The first-order valence-corrected chi connectivity index (χ1v) is 8.97. The number of hydrogen-bond acceptors (Lipinski definition) is 4. The van der Waals surface area contributed by atoms with Crippen molar-refractivity contribution >= 4 is 5.65 Å². The molecule has 2 aromatic heterocycles. The van der Waals surface area contributed by atoms with Gasteiger partial charge in [0, 0.05) is 18.7 Å². The highest BCUT2D eigenvalue weighted by Gasteiger charge is 2.25. The Hall–Kier alpha value is -2.24. The van der Waals surface area contributed by atoms with E-state index in [0.29, 0.717) is 12.5 Å². The summed E-state index contributed by atoms with van der Waals surface area (Å²) in [6, 6.07) is 14.2. The topological polar surface area (TPSA) is 53.7 Å². The second-order valence-corrected chi connectivity index (χ2v) is 6.99. The first-order valence-electron chi connectivity index (χ1n) is 8.97. The predicted molar refractivity (Wildman–Crippen MR) is 97.5 cm³/mol. The lowest BCUT2D eigenvalue weighted by Gasteiger charge is -2.32. The van der Waals surface area contributed by atoms with Gasteiger partial charge in [-0.05, 0) is 50.6 Å². The highest BCUT2D eigenvalue weighted by molar-refractivity contribution is 5.37. The number of aryl methyl sites for hydroxylation is 1. The third-order valence-electron chi connectivity index (χ3n) is 5.19. The summed E-state index contributed by atoms with van der Waals surface area (Å²) in [5.41, 5.74) is 3.13. The lowest BCUT2D eigenvalue weighted by atomic mass is 9.95. The van der Waals surface area contributed by atoms with Gasteiger partial charge in [0.2, 0.25) is 0 Å². The molecule has 1 fully saturated rings. The van der Waals surface area contributed by atoms with Crippen LogP contribution in [0, 0.1) is 6.92 Å². The van der Waals surface area contributed by atoms with Crippen LogP contribution < -0.4 is 0 Å². The molecule has 1 unspecified atom stereocenters. The Morgan fingerprint density at radius 3 is 2.60 bits per heavy atom. The first-order chi connectivity index (χ1) is 12.2. The molecule has 0 bridgehead atoms. The van der Waals surface area contributed by atoms with Gasteiger partial charge in [0.1, 0.15) is 5.82 Å². The molecule has 1 aliphatic heterocycles. The fourth-order valence-corrected chi connectivity index (χ4v) is 3.65. The van der Waals surface area contributed by atoms with Gasteiger partial charge in [0.25, 0.3) is 0 Å². The number of aromatic nitrogens is 3. The maximum atomic E-state index is 10.5. The number of nitrogens with zero attached hydrogens (tertiary/aromatic N) is 4. The third kappa shape index (κ3) is 3.43. The molecule has 1 saturated heterocycles. The van der Waals surface area contributed by atoms with Crippen molar-refractivity contribution in [2.45, 2.75) is 31.8 Å². The average molecular weight is 336 g/mol. The summed E-state index contributed by atoms with van der Waals surface area (Å²) in [4.78, 5) is 2.35. The monoisotopic (exact) mass is 336 g/mol. The van der Waals surface area contributed by atoms with Crippen LogP contribution in [-0.2, 0) is 0 Å². The standard InChI is InChI=1S/C20H24N4O/c1-15-5-7-16(8-6-15)18(25)14-23-12-9-17(10-13-23)20-22-21-19-4-2-3-11-24(19)20/h2-8,11,17-18,25H,9-10,12-14H2,1H3. The van der Waals surface area contributed by atoms with Crippen LogP contribution in [-0.4, -0.2) is 44.2 Å². The van der Waals surface area contributed by atoms with Gasteiger partial charge in [0.15, 0.2) is 5.65 Å². The molecule has 1 atom stereocenters. The predicted octanol–water partition coefficient (Wildman–Crippen LogP) is 2.95. The maximum absolute atomic E-state index is 10.5. The van der Waals surface area contributed by atoms with E-state index >= 15 is 0 Å². The molecule has 0 amide bonds. The Kier molecular flexibility index (Phi) is 4.51. The van der Waals surface area contributed by atoms with Gasteiger partial charge in [-0.1, -0.05) is 35.9 Å². The summed E-state index contributed by atoms with van der Waals surface area (Å²) in [5.74, 6) is 1.50. The van der Waals surface area contributed by atoms with Crippen molar-refractivity contribution in [3.8, 4) is 0 Å². The molecule has 1 N–H and O–H groups in total. The molecule has 3 heterocycles. The lowest BCUT2D eigenvalue weighted by Crippen LogP contribution is -2.36. The number of rotatable bonds is 4. The van der Waals surface area contributed by atoms with E-state index in [1.165, 1.54) is 5.56 Å². The number of pyridine rings is 1. The van der Waals surface area contributed by atoms with Gasteiger partial charge in [-0.3, -0.25) is 4.40 Å². The summed E-state index contributed by atoms with van der Waals surface area (Å²) < 4.78 is 2.10. The van der Waals surface area contributed by atoms with Crippen molar-refractivity contribution in [3.63, 3.8) is 0 Å². The Morgan fingerprint density at radius 2 is 1.84 bits per heavy atom. The summed E-state index contributed by atoms with van der Waals surface area (Å²) in [6.45, 7) is 4.72. The van der Waals surface area contributed by atoms with Crippen LogP contribution in [0.15, 0.2) is 48.7 Å². The van der Waals surface area contributed by atoms with Crippen LogP contribution in [0.5, 0.6) is 0 Å². The minimum atomic E-state index is -0.425. The van der Waals surface area contributed by atoms with Gasteiger partial charge in [0.05, 0.1) is 6.10 Å². The van der Waals surface area contributed by atoms with E-state index in [9.17, 15) is 5.11 Å². The molecule has 130 valence electrons. The van der Waals surface area contributed by atoms with Crippen LogP contribution in [0.1, 0.15) is 41.8 Å². The van der Waals surface area contributed by atoms with Crippen LogP contribution >= 0.6 is 0 Å². The number of β-amino-alcohol motifs (C(OH)–C–C–N with tert-alkyl or cyclic N) is 1. The minimum Gasteiger partial charge on any atom is -0.387 e. The number of fused-ring (bicyclic) bond motifs is 1. The SMILES string of the molecule is Cc1ccc(C(O)CN2CCC(c3nnc4ccccn34)CC2)cc1. The van der Waals surface area contributed by atoms with Crippen molar-refractivity contribution in [2.24, 2.45) is 0 Å². The molecule has 3 aromatic rings. The van der Waals surface area contributed by atoms with Crippen LogP contribution in [0.25, 0.3) is 5.65 Å². The minimum absolute atomic E-state index is 0.425. The maximum Gasteiger partial charge on any atom is 0.160 e. The van der Waals surface area contributed by atoms with Gasteiger partial charge in [-0.25, -0.2) is 0 Å². The Balaban J connectivity index is 1.37. The molecular weight excluding hydrogens is 312 g/mol. The fourth-order valence-electron chi connectivity index (χ4n) is 3.65. The van der Waals surface area contributed by atoms with Crippen molar-refractivity contribution < 1.29 is 5.11 Å². The Bertz CT molecular complexity index is 834. The summed E-state index contributed by atoms with van der Waals surface area (Å²) in [6.07, 6.45) is 3.72. The number of likely N-dealkylation sites (tertiary alicyclic amines) is 1. The molecule has 5 nitrogen and oxygen atoms in total. The molecular formula is C20H24N4O. The molecule has 1 aromatic carbocycles. The van der Waals surface area contributed by atoms with Gasteiger partial charge < -0.3 is 10.0 Å². The van der Waals surface area contributed by atoms with Gasteiger partial charge in [-0.15, -0.1) is 10.2 Å². The molecule has 25 heavy (non-hydrogen) atoms. The Labute approximate surface area is 147 Å². The molecule has 4 rings (SSSR count). The van der Waals surface area contributed by atoms with Crippen LogP contribution in [0.4, 0.5) is 0 Å². The number of aliphatic hydroxyl groups is 1. The van der Waals surface area contributed by atoms with E-state index in [0.717, 1.165) is 43.0 Å². The van der Waals surface area contributed by atoms with E-state index in [1.807, 2.05) is 36.5 Å². The van der Waals surface area contributed by atoms with Crippen molar-refractivity contribution in [2.75, 3.05) is 19.6 Å². The zero-order chi connectivity index (χ0) is 17.2. The summed E-state index contributed by atoms with van der Waals surface area (Å²) >= 11 is 0. The average Bonchev–Trinajstić information content (AvgIpc) is 3.07. The number of piperidine rings is 1. The second kappa shape index (κ2) is 6.94. The van der Waals surface area contributed by atoms with E-state index in [4.69, 9.17) is 0 Å². The van der Waals surface area contributed by atoms with Crippen LogP contribution in [0.2, 0.25) is 0 Å². The number of benzene rings is 1. The quantitative estimate of drug-likeness (QED) is 0.796. The molecule has 0 aliphatic carbocycles. The summed E-state index contributed by atoms with van der Waals surface area (Å²) in [7, 11) is 0. The highest BCUT2D eigenvalue weighted by Crippen LogP contribution is 2.28. The van der Waals surface area contributed by atoms with Crippen LogP contribution in [0.3, 0.4) is 0 Å². The zero-order valence-electron chi connectivity index (χ0n) is 14.5. The highest BCUT2D eigenvalue weighted by atomic mass is 16.3. The van der Waals surface area contributed by atoms with E-state index in [-0.39, 0.29) is 0 Å². The first kappa shape index (κ1) is 16.2. The number of hydrogen-bond donors (Lipinski definition) is 1. The molecule has 0 spiro atoms. The lowest BCUT2D eigenvalue weighted by molar-refractivity contribution is 0.0965. The molecule has 1 aliphatic rings. The molecule has 0 radical (unpaired) electrons. The number of aliphatic hydroxyl groups excluding tert-OH is 1. The largest absolute Gasteiger partial charge is 0.387 e. The van der Waals surface area contributed by atoms with Crippen molar-refractivity contribution in [1.82, 2.24) is 19.5 Å². The van der Waals surface area contributed by atoms with Crippen molar-refractivity contribution in [3.05, 3.63) is 65.6 Å². The van der Waals surface area contributed by atoms with Crippen molar-refractivity contribution in [1.29, 1.82) is 0 Å². The van der Waals surface area contributed by atoms with Gasteiger partial charge in [-0.2, -0.15) is 0 Å². The summed E-state index contributed by atoms with van der Waals surface area (Å²) in [5, 5.41) is 19.2. The molecule has 0 saturated carbocycles. The second-order valence-electron chi connectivity index (χ2n) is 6.99. The van der Waals surface area contributed by atoms with E-state index in [1.54, 1.807) is 0 Å². The van der Waals surface area contributed by atoms with Gasteiger partial charge >= 0.3 is 0 Å². The smallest absolute Gasteiger partial charge is 0.160 e. The van der Waals surface area contributed by atoms with E-state index < -0.39 is 6.10 Å². The molecule has 5 heteroatoms. The Morgan fingerprint density at radius 1 is 1.08 bits per heavy atom. The third-order valence-corrected chi connectivity index (χ3v) is 5.19. The fraction of sp³-hybridized carbons (Fsp3) is 0.400. The normalized spacial score (nSPS) is 17.8. The zero-order valence-corrected chi connectivity index (χ0v) is 14.5.